The molecule has 0 bridgehead atoms. The molecule has 1 amide bonds. The van der Waals surface area contributed by atoms with Gasteiger partial charge in [0, 0.05) is 29.4 Å². The number of hydrogen-bond acceptors (Lipinski definition) is 7. The summed E-state index contributed by atoms with van der Waals surface area (Å²) in [6.07, 6.45) is 4.57. The van der Waals surface area contributed by atoms with Gasteiger partial charge in [0.1, 0.15) is 0 Å². The molecular weight excluding hydrogens is 348 g/mol. The zero-order chi connectivity index (χ0) is 15.9. The van der Waals surface area contributed by atoms with Gasteiger partial charge in [0.25, 0.3) is 0 Å². The van der Waals surface area contributed by atoms with E-state index in [0.717, 1.165) is 15.7 Å². The zero-order valence-electron chi connectivity index (χ0n) is 12.1. The number of amides is 1. The molecule has 0 aromatic carbocycles. The lowest BCUT2D eigenvalue weighted by atomic mass is 10.1. The summed E-state index contributed by atoms with van der Waals surface area (Å²) in [5.74, 6) is 0.821. The van der Waals surface area contributed by atoms with E-state index in [1.165, 1.54) is 16.2 Å². The number of aromatic nitrogens is 3. The highest BCUT2D eigenvalue weighted by atomic mass is 32.2. The summed E-state index contributed by atoms with van der Waals surface area (Å²) in [6, 6.07) is 7.97. The monoisotopic (exact) mass is 362 g/mol. The van der Waals surface area contributed by atoms with Crippen LogP contribution in [0.1, 0.15) is 16.9 Å². The SMILES string of the molecule is O=C(CCc1cccnc1)Nc1nnc(SCc2cccs2)s1. The number of nitrogens with zero attached hydrogens (tertiary/aromatic N) is 3. The van der Waals surface area contributed by atoms with E-state index in [1.54, 1.807) is 35.5 Å². The van der Waals surface area contributed by atoms with E-state index < -0.39 is 0 Å². The second-order valence-electron chi connectivity index (χ2n) is 4.65. The minimum Gasteiger partial charge on any atom is -0.300 e. The van der Waals surface area contributed by atoms with E-state index in [4.69, 9.17) is 0 Å². The van der Waals surface area contributed by atoms with E-state index >= 15 is 0 Å². The standard InChI is InChI=1S/C15H14N4OS3/c20-13(6-5-11-3-1-7-16-9-11)17-14-18-19-15(23-14)22-10-12-4-2-8-21-12/h1-4,7-9H,5-6,10H2,(H,17,18,20). The molecule has 0 fully saturated rings. The number of thiophene rings is 1. The van der Waals surface area contributed by atoms with Gasteiger partial charge in [0.05, 0.1) is 0 Å². The van der Waals surface area contributed by atoms with Gasteiger partial charge in [0.15, 0.2) is 4.34 Å². The molecule has 0 aliphatic heterocycles. The van der Waals surface area contributed by atoms with Crippen LogP contribution in [0.15, 0.2) is 46.4 Å². The van der Waals surface area contributed by atoms with Gasteiger partial charge in [-0.25, -0.2) is 0 Å². The van der Waals surface area contributed by atoms with Crippen LogP contribution in [0.25, 0.3) is 0 Å². The second-order valence-corrected chi connectivity index (χ2v) is 7.88. The number of hydrogen-bond donors (Lipinski definition) is 1. The molecular formula is C15H14N4OS3. The van der Waals surface area contributed by atoms with E-state index in [0.29, 0.717) is 18.0 Å². The summed E-state index contributed by atoms with van der Waals surface area (Å²) in [7, 11) is 0. The fraction of sp³-hybridized carbons (Fsp3) is 0.200. The summed E-state index contributed by atoms with van der Waals surface area (Å²) >= 11 is 4.76. The van der Waals surface area contributed by atoms with Crippen molar-refractivity contribution in [1.82, 2.24) is 15.2 Å². The third kappa shape index (κ3) is 5.12. The zero-order valence-corrected chi connectivity index (χ0v) is 14.6. The predicted molar refractivity (Wildman–Crippen MR) is 95.0 cm³/mol. The van der Waals surface area contributed by atoms with Gasteiger partial charge in [-0.1, -0.05) is 35.2 Å². The fourth-order valence-electron chi connectivity index (χ4n) is 1.83. The summed E-state index contributed by atoms with van der Waals surface area (Å²) < 4.78 is 0.862. The molecule has 0 spiro atoms. The summed E-state index contributed by atoms with van der Waals surface area (Å²) in [6.45, 7) is 0. The van der Waals surface area contributed by atoms with Crippen LogP contribution in [-0.4, -0.2) is 21.1 Å². The first-order valence-corrected chi connectivity index (χ1v) is 9.65. The molecule has 1 N–H and O–H groups in total. The molecule has 0 unspecified atom stereocenters. The highest BCUT2D eigenvalue weighted by Gasteiger charge is 2.09. The third-order valence-electron chi connectivity index (χ3n) is 2.93. The van der Waals surface area contributed by atoms with Crippen LogP contribution in [0.2, 0.25) is 0 Å². The number of aryl methyl sites for hydroxylation is 1. The van der Waals surface area contributed by atoms with E-state index in [1.807, 2.05) is 18.2 Å². The van der Waals surface area contributed by atoms with Gasteiger partial charge in [0.2, 0.25) is 11.0 Å². The van der Waals surface area contributed by atoms with Crippen molar-refractivity contribution >= 4 is 45.5 Å². The van der Waals surface area contributed by atoms with Crippen LogP contribution in [0.3, 0.4) is 0 Å². The lowest BCUT2D eigenvalue weighted by Gasteiger charge is -2.01. The van der Waals surface area contributed by atoms with Crippen LogP contribution in [0.4, 0.5) is 5.13 Å². The quantitative estimate of drug-likeness (QED) is 0.511. The molecule has 0 saturated carbocycles. The van der Waals surface area contributed by atoms with Gasteiger partial charge in [-0.05, 0) is 29.5 Å². The van der Waals surface area contributed by atoms with Crippen molar-refractivity contribution in [1.29, 1.82) is 0 Å². The molecule has 3 heterocycles. The molecule has 23 heavy (non-hydrogen) atoms. The number of carbonyl (C=O) groups excluding carboxylic acids is 1. The highest BCUT2D eigenvalue weighted by Crippen LogP contribution is 2.29. The Hall–Kier alpha value is -1.77. The molecule has 0 saturated heterocycles. The van der Waals surface area contributed by atoms with Crippen molar-refractivity contribution in [2.24, 2.45) is 0 Å². The highest BCUT2D eigenvalue weighted by molar-refractivity contribution is 8.00. The number of carbonyl (C=O) groups is 1. The van der Waals surface area contributed by atoms with Gasteiger partial charge in [-0.2, -0.15) is 0 Å². The molecule has 0 atom stereocenters. The van der Waals surface area contributed by atoms with Crippen LogP contribution >= 0.6 is 34.4 Å². The molecule has 5 nitrogen and oxygen atoms in total. The maximum Gasteiger partial charge on any atom is 0.226 e. The molecule has 3 aromatic heterocycles. The number of anilines is 1. The Morgan fingerprint density at radius 1 is 1.26 bits per heavy atom. The van der Waals surface area contributed by atoms with Crippen LogP contribution < -0.4 is 5.32 Å². The Bertz CT molecular complexity index is 743. The number of nitrogens with one attached hydrogen (secondary N) is 1. The smallest absolute Gasteiger partial charge is 0.226 e. The number of pyridine rings is 1. The first-order valence-electron chi connectivity index (χ1n) is 6.97. The third-order valence-corrected chi connectivity index (χ3v) is 6.01. The molecule has 118 valence electrons. The van der Waals surface area contributed by atoms with Crippen LogP contribution in [-0.2, 0) is 17.0 Å². The molecule has 0 radical (unpaired) electrons. The Morgan fingerprint density at radius 3 is 3.00 bits per heavy atom. The Balaban J connectivity index is 1.45. The molecule has 0 aliphatic rings. The van der Waals surface area contributed by atoms with Gasteiger partial charge < -0.3 is 5.32 Å². The number of thioether (sulfide) groups is 1. The van der Waals surface area contributed by atoms with Crippen molar-refractivity contribution < 1.29 is 4.79 Å². The van der Waals surface area contributed by atoms with Crippen LogP contribution in [0.5, 0.6) is 0 Å². The Labute approximate surface area is 146 Å². The summed E-state index contributed by atoms with van der Waals surface area (Å²) in [5.41, 5.74) is 1.05. The Morgan fingerprint density at radius 2 is 2.22 bits per heavy atom. The van der Waals surface area contributed by atoms with Gasteiger partial charge in [-0.15, -0.1) is 21.5 Å². The molecule has 3 rings (SSSR count). The first kappa shape index (κ1) is 16.1. The fourth-order valence-corrected chi connectivity index (χ4v) is 4.37. The minimum absolute atomic E-state index is 0.0557. The minimum atomic E-state index is -0.0557. The normalized spacial score (nSPS) is 10.6. The average molecular weight is 363 g/mol. The topological polar surface area (TPSA) is 67.8 Å². The molecule has 3 aromatic rings. The van der Waals surface area contributed by atoms with Gasteiger partial charge in [-0.3, -0.25) is 9.78 Å². The maximum atomic E-state index is 11.9. The predicted octanol–water partition coefficient (Wildman–Crippen LogP) is 3.86. The second kappa shape index (κ2) is 8.19. The Kier molecular flexibility index (Phi) is 5.73. The number of rotatable bonds is 7. The van der Waals surface area contributed by atoms with Crippen molar-refractivity contribution in [2.75, 3.05) is 5.32 Å². The largest absolute Gasteiger partial charge is 0.300 e. The van der Waals surface area contributed by atoms with Crippen molar-refractivity contribution in [3.05, 3.63) is 52.5 Å². The lowest BCUT2D eigenvalue weighted by molar-refractivity contribution is -0.116. The van der Waals surface area contributed by atoms with Crippen LogP contribution in [0, 0.1) is 0 Å². The summed E-state index contributed by atoms with van der Waals surface area (Å²) in [4.78, 5) is 17.3. The molecule has 8 heteroatoms. The maximum absolute atomic E-state index is 11.9. The van der Waals surface area contributed by atoms with Crippen molar-refractivity contribution in [3.63, 3.8) is 0 Å². The van der Waals surface area contributed by atoms with E-state index in [9.17, 15) is 4.79 Å². The van der Waals surface area contributed by atoms with Crippen molar-refractivity contribution in [3.8, 4) is 0 Å². The lowest BCUT2D eigenvalue weighted by Crippen LogP contribution is -2.12. The first-order chi connectivity index (χ1) is 11.3. The van der Waals surface area contributed by atoms with E-state index in [-0.39, 0.29) is 5.91 Å². The van der Waals surface area contributed by atoms with E-state index in [2.05, 4.69) is 31.9 Å². The van der Waals surface area contributed by atoms with Gasteiger partial charge >= 0.3 is 0 Å². The molecule has 0 aliphatic carbocycles. The average Bonchev–Trinajstić information content (AvgIpc) is 3.23. The van der Waals surface area contributed by atoms with Crippen molar-refractivity contribution in [2.45, 2.75) is 22.9 Å². The summed E-state index contributed by atoms with van der Waals surface area (Å²) in [5, 5.41) is 13.5.